The second kappa shape index (κ2) is 6.93. The summed E-state index contributed by atoms with van der Waals surface area (Å²) in [6, 6.07) is 5.85. The van der Waals surface area contributed by atoms with Crippen molar-refractivity contribution in [1.29, 1.82) is 0 Å². The van der Waals surface area contributed by atoms with Crippen molar-refractivity contribution in [3.63, 3.8) is 0 Å². The topological polar surface area (TPSA) is 84.6 Å². The lowest BCUT2D eigenvalue weighted by molar-refractivity contribution is 0.0115. The zero-order valence-electron chi connectivity index (χ0n) is 14.2. The van der Waals surface area contributed by atoms with Crippen LogP contribution in [0.5, 0.6) is 0 Å². The number of rotatable bonds is 3. The van der Waals surface area contributed by atoms with Crippen LogP contribution in [0.3, 0.4) is 0 Å². The van der Waals surface area contributed by atoms with Crippen LogP contribution < -0.4 is 10.6 Å². The lowest BCUT2D eigenvalue weighted by Crippen LogP contribution is -2.49. The molecule has 0 spiro atoms. The number of anilines is 1. The SMILES string of the molecule is NC(=O)c1ccc2nc(N3CCC(N4CCOCC4)CC3)cnc2c1. The third-order valence-corrected chi connectivity index (χ3v) is 5.16. The number of benzene rings is 1. The largest absolute Gasteiger partial charge is 0.379 e. The molecule has 2 aliphatic rings. The van der Waals surface area contributed by atoms with Crippen LogP contribution in [-0.4, -0.2) is 66.2 Å². The molecule has 1 amide bonds. The summed E-state index contributed by atoms with van der Waals surface area (Å²) in [6.45, 7) is 5.77. The number of hydrogen-bond donors (Lipinski definition) is 1. The lowest BCUT2D eigenvalue weighted by atomic mass is 10.0. The molecule has 25 heavy (non-hydrogen) atoms. The Hall–Kier alpha value is -2.25. The van der Waals surface area contributed by atoms with Gasteiger partial charge in [0.1, 0.15) is 5.82 Å². The summed E-state index contributed by atoms with van der Waals surface area (Å²) in [5.41, 5.74) is 7.27. The van der Waals surface area contributed by atoms with Crippen LogP contribution in [0.2, 0.25) is 0 Å². The molecule has 1 aromatic carbocycles. The van der Waals surface area contributed by atoms with Gasteiger partial charge < -0.3 is 15.4 Å². The minimum atomic E-state index is -0.446. The normalized spacial score (nSPS) is 20.1. The predicted octanol–water partition coefficient (Wildman–Crippen LogP) is 1.03. The van der Waals surface area contributed by atoms with Crippen LogP contribution in [0, 0.1) is 0 Å². The molecule has 7 nitrogen and oxygen atoms in total. The number of carbonyl (C=O) groups is 1. The van der Waals surface area contributed by atoms with Gasteiger partial charge in [-0.15, -0.1) is 0 Å². The quantitative estimate of drug-likeness (QED) is 0.898. The van der Waals surface area contributed by atoms with Gasteiger partial charge in [-0.3, -0.25) is 14.7 Å². The van der Waals surface area contributed by atoms with Gasteiger partial charge in [0, 0.05) is 37.8 Å². The fourth-order valence-corrected chi connectivity index (χ4v) is 3.71. The van der Waals surface area contributed by atoms with Crippen LogP contribution in [0.4, 0.5) is 5.82 Å². The van der Waals surface area contributed by atoms with E-state index in [9.17, 15) is 4.79 Å². The van der Waals surface area contributed by atoms with E-state index in [2.05, 4.69) is 14.8 Å². The highest BCUT2D eigenvalue weighted by Gasteiger charge is 2.26. The number of aromatic nitrogens is 2. The molecule has 2 saturated heterocycles. The maximum atomic E-state index is 11.3. The van der Waals surface area contributed by atoms with Crippen molar-refractivity contribution >= 4 is 22.8 Å². The molecule has 3 heterocycles. The van der Waals surface area contributed by atoms with Gasteiger partial charge in [-0.1, -0.05) is 0 Å². The van der Waals surface area contributed by atoms with Crippen molar-refractivity contribution in [2.75, 3.05) is 44.3 Å². The van der Waals surface area contributed by atoms with E-state index in [4.69, 9.17) is 15.5 Å². The molecule has 7 heteroatoms. The average Bonchev–Trinajstić information content (AvgIpc) is 2.68. The van der Waals surface area contributed by atoms with E-state index in [0.29, 0.717) is 17.1 Å². The molecule has 1 aromatic heterocycles. The first-order valence-corrected chi connectivity index (χ1v) is 8.84. The summed E-state index contributed by atoms with van der Waals surface area (Å²) in [5.74, 6) is 0.456. The monoisotopic (exact) mass is 341 g/mol. The Balaban J connectivity index is 1.45. The van der Waals surface area contributed by atoms with Crippen molar-refractivity contribution in [2.45, 2.75) is 18.9 Å². The average molecular weight is 341 g/mol. The van der Waals surface area contributed by atoms with E-state index >= 15 is 0 Å². The van der Waals surface area contributed by atoms with Crippen molar-refractivity contribution in [3.8, 4) is 0 Å². The molecule has 0 atom stereocenters. The van der Waals surface area contributed by atoms with Crippen LogP contribution in [-0.2, 0) is 4.74 Å². The fourth-order valence-electron chi connectivity index (χ4n) is 3.71. The number of primary amides is 1. The van der Waals surface area contributed by atoms with E-state index in [1.54, 1.807) is 18.3 Å². The number of amides is 1. The molecule has 0 aliphatic carbocycles. The van der Waals surface area contributed by atoms with Gasteiger partial charge in [0.15, 0.2) is 0 Å². The third kappa shape index (κ3) is 3.43. The highest BCUT2D eigenvalue weighted by atomic mass is 16.5. The fraction of sp³-hybridized carbons (Fsp3) is 0.500. The first-order valence-electron chi connectivity index (χ1n) is 8.84. The zero-order chi connectivity index (χ0) is 17.2. The Morgan fingerprint density at radius 1 is 1.12 bits per heavy atom. The van der Waals surface area contributed by atoms with E-state index in [0.717, 1.165) is 63.6 Å². The Labute approximate surface area is 146 Å². The number of carbonyl (C=O) groups excluding carboxylic acids is 1. The van der Waals surface area contributed by atoms with Gasteiger partial charge in [-0.05, 0) is 31.0 Å². The Morgan fingerprint density at radius 2 is 1.88 bits per heavy atom. The first-order chi connectivity index (χ1) is 12.2. The van der Waals surface area contributed by atoms with Gasteiger partial charge in [-0.25, -0.2) is 4.98 Å². The van der Waals surface area contributed by atoms with E-state index in [1.807, 2.05) is 6.07 Å². The number of morpholine rings is 1. The standard InChI is InChI=1S/C18H23N5O2/c19-18(24)13-1-2-15-16(11-13)20-12-17(21-15)23-5-3-14(4-6-23)22-7-9-25-10-8-22/h1-2,11-12,14H,3-10H2,(H2,19,24). The number of piperidine rings is 1. The molecule has 2 fully saturated rings. The minimum Gasteiger partial charge on any atom is -0.379 e. The maximum absolute atomic E-state index is 11.3. The third-order valence-electron chi connectivity index (χ3n) is 5.16. The first kappa shape index (κ1) is 16.2. The highest BCUT2D eigenvalue weighted by molar-refractivity contribution is 5.96. The molecular weight excluding hydrogens is 318 g/mol. The molecule has 0 radical (unpaired) electrons. The van der Waals surface area contributed by atoms with Gasteiger partial charge >= 0.3 is 0 Å². The van der Waals surface area contributed by atoms with Gasteiger partial charge in [-0.2, -0.15) is 0 Å². The Bertz CT molecular complexity index is 767. The van der Waals surface area contributed by atoms with Crippen molar-refractivity contribution in [3.05, 3.63) is 30.0 Å². The molecule has 2 aliphatic heterocycles. The van der Waals surface area contributed by atoms with Gasteiger partial charge in [0.25, 0.3) is 0 Å². The molecule has 4 rings (SSSR count). The summed E-state index contributed by atoms with van der Waals surface area (Å²) in [7, 11) is 0. The summed E-state index contributed by atoms with van der Waals surface area (Å²) in [5, 5.41) is 0. The number of hydrogen-bond acceptors (Lipinski definition) is 6. The number of ether oxygens (including phenoxy) is 1. The van der Waals surface area contributed by atoms with Crippen LogP contribution >= 0.6 is 0 Å². The van der Waals surface area contributed by atoms with Crippen LogP contribution in [0.15, 0.2) is 24.4 Å². The molecule has 132 valence electrons. The second-order valence-electron chi connectivity index (χ2n) is 6.66. The number of nitrogens with two attached hydrogens (primary N) is 1. The number of fused-ring (bicyclic) bond motifs is 1. The second-order valence-corrected chi connectivity index (χ2v) is 6.66. The van der Waals surface area contributed by atoms with E-state index < -0.39 is 5.91 Å². The summed E-state index contributed by atoms with van der Waals surface area (Å²) < 4.78 is 5.45. The number of nitrogens with zero attached hydrogens (tertiary/aromatic N) is 4. The van der Waals surface area contributed by atoms with Crippen LogP contribution in [0.1, 0.15) is 23.2 Å². The molecule has 0 saturated carbocycles. The highest BCUT2D eigenvalue weighted by Crippen LogP contribution is 2.23. The van der Waals surface area contributed by atoms with Crippen LogP contribution in [0.25, 0.3) is 11.0 Å². The van der Waals surface area contributed by atoms with E-state index in [1.165, 1.54) is 0 Å². The predicted molar refractivity (Wildman–Crippen MR) is 95.7 cm³/mol. The van der Waals surface area contributed by atoms with E-state index in [-0.39, 0.29) is 0 Å². The van der Waals surface area contributed by atoms with Gasteiger partial charge in [0.05, 0.1) is 30.4 Å². The molecule has 2 aromatic rings. The Morgan fingerprint density at radius 3 is 2.60 bits per heavy atom. The van der Waals surface area contributed by atoms with Gasteiger partial charge in [0.2, 0.25) is 5.91 Å². The zero-order valence-corrected chi connectivity index (χ0v) is 14.2. The summed E-state index contributed by atoms with van der Waals surface area (Å²) in [4.78, 5) is 25.3. The molecule has 0 unspecified atom stereocenters. The lowest BCUT2D eigenvalue weighted by Gasteiger charge is -2.40. The smallest absolute Gasteiger partial charge is 0.248 e. The minimum absolute atomic E-state index is 0.446. The molecule has 2 N–H and O–H groups in total. The maximum Gasteiger partial charge on any atom is 0.248 e. The summed E-state index contributed by atoms with van der Waals surface area (Å²) in [6.07, 6.45) is 4.07. The molecule has 0 bridgehead atoms. The van der Waals surface area contributed by atoms with Crippen molar-refractivity contribution in [2.24, 2.45) is 5.73 Å². The summed E-state index contributed by atoms with van der Waals surface area (Å²) >= 11 is 0. The molecular formula is C18H23N5O2. The van der Waals surface area contributed by atoms with Crippen molar-refractivity contribution < 1.29 is 9.53 Å². The Kier molecular flexibility index (Phi) is 4.50. The van der Waals surface area contributed by atoms with Crippen molar-refractivity contribution in [1.82, 2.24) is 14.9 Å².